The Morgan fingerprint density at radius 3 is 2.83 bits per heavy atom. The molecular weight excluding hydrogens is 415 g/mol. The highest BCUT2D eigenvalue weighted by Crippen LogP contribution is 2.31. The number of anilines is 1. The van der Waals surface area contributed by atoms with Gasteiger partial charge in [-0.15, -0.1) is 0 Å². The monoisotopic (exact) mass is 434 g/mol. The molecule has 1 aliphatic heterocycles. The molecule has 158 valence electrons. The van der Waals surface area contributed by atoms with Gasteiger partial charge in [-0.1, -0.05) is 11.3 Å². The number of furan rings is 1. The highest BCUT2D eigenvalue weighted by atomic mass is 32.1. The van der Waals surface area contributed by atoms with Crippen LogP contribution in [0.25, 0.3) is 10.2 Å². The van der Waals surface area contributed by atoms with Crippen molar-refractivity contribution >= 4 is 38.5 Å². The van der Waals surface area contributed by atoms with Crippen LogP contribution in [-0.2, 0) is 4.74 Å². The van der Waals surface area contributed by atoms with E-state index in [1.165, 1.54) is 34.4 Å². The minimum absolute atomic E-state index is 0.140. The number of ether oxygens (including phenoxy) is 1. The third-order valence-corrected chi connectivity index (χ3v) is 5.80. The Kier molecular flexibility index (Phi) is 6.02. The molecule has 1 aliphatic rings. The number of aromatic nitrogens is 1. The Morgan fingerprint density at radius 1 is 1.30 bits per heavy atom. The average Bonchev–Trinajstić information content (AvgIpc) is 3.38. The standard InChI is InChI=1S/C19H19FN4O5S/c20-13-2-3-14-16(12-13)30-19(21-14)23(7-1-6-22-8-10-28-11-9-22)18(25)15-4-5-17(29-15)24(26)27/h2-5,12H,1,6-11H2. The Bertz CT molecular complexity index is 1060. The van der Waals surface area contributed by atoms with Crippen LogP contribution in [-0.4, -0.2) is 60.1 Å². The number of hydrogen-bond donors (Lipinski definition) is 0. The molecule has 3 heterocycles. The summed E-state index contributed by atoms with van der Waals surface area (Å²) >= 11 is 1.19. The van der Waals surface area contributed by atoms with Crippen LogP contribution in [0.1, 0.15) is 17.0 Å². The summed E-state index contributed by atoms with van der Waals surface area (Å²) in [6.45, 7) is 4.14. The van der Waals surface area contributed by atoms with Crippen molar-refractivity contribution in [2.75, 3.05) is 44.3 Å². The molecular formula is C19H19FN4O5S. The Labute approximate surface area is 174 Å². The van der Waals surface area contributed by atoms with E-state index in [2.05, 4.69) is 9.88 Å². The maximum absolute atomic E-state index is 13.6. The molecule has 1 aromatic carbocycles. The molecule has 3 aromatic rings. The van der Waals surface area contributed by atoms with Gasteiger partial charge in [-0.05, 0) is 30.7 Å². The number of amides is 1. The van der Waals surface area contributed by atoms with Gasteiger partial charge in [-0.2, -0.15) is 0 Å². The first-order valence-corrected chi connectivity index (χ1v) is 10.3. The molecule has 0 atom stereocenters. The third kappa shape index (κ3) is 4.48. The average molecular weight is 434 g/mol. The zero-order chi connectivity index (χ0) is 21.1. The molecule has 1 amide bonds. The van der Waals surface area contributed by atoms with Crippen LogP contribution in [0.2, 0.25) is 0 Å². The molecule has 0 spiro atoms. The fourth-order valence-corrected chi connectivity index (χ4v) is 4.25. The van der Waals surface area contributed by atoms with Gasteiger partial charge < -0.3 is 9.15 Å². The summed E-state index contributed by atoms with van der Waals surface area (Å²) in [5.74, 6) is -1.55. The molecule has 11 heteroatoms. The molecule has 0 radical (unpaired) electrons. The number of nitro groups is 1. The van der Waals surface area contributed by atoms with E-state index < -0.39 is 16.7 Å². The molecule has 0 N–H and O–H groups in total. The lowest BCUT2D eigenvalue weighted by Crippen LogP contribution is -2.39. The van der Waals surface area contributed by atoms with Crippen molar-refractivity contribution in [1.29, 1.82) is 0 Å². The van der Waals surface area contributed by atoms with E-state index in [0.717, 1.165) is 25.7 Å². The van der Waals surface area contributed by atoms with E-state index in [1.54, 1.807) is 6.07 Å². The number of nitrogens with zero attached hydrogens (tertiary/aromatic N) is 4. The zero-order valence-corrected chi connectivity index (χ0v) is 16.8. The number of rotatable bonds is 7. The lowest BCUT2D eigenvalue weighted by Gasteiger charge is -2.27. The van der Waals surface area contributed by atoms with E-state index in [0.29, 0.717) is 41.5 Å². The van der Waals surface area contributed by atoms with E-state index in [-0.39, 0.29) is 11.6 Å². The molecule has 1 fully saturated rings. The number of benzene rings is 1. The molecule has 9 nitrogen and oxygen atoms in total. The van der Waals surface area contributed by atoms with Crippen LogP contribution in [0, 0.1) is 15.9 Å². The van der Waals surface area contributed by atoms with Crippen molar-refractivity contribution in [2.24, 2.45) is 0 Å². The normalized spacial score (nSPS) is 14.8. The highest BCUT2D eigenvalue weighted by molar-refractivity contribution is 7.22. The van der Waals surface area contributed by atoms with Crippen LogP contribution in [0.4, 0.5) is 15.4 Å². The second-order valence-electron chi connectivity index (χ2n) is 6.77. The summed E-state index contributed by atoms with van der Waals surface area (Å²) in [6, 6.07) is 6.66. The first kappa shape index (κ1) is 20.4. The van der Waals surface area contributed by atoms with Gasteiger partial charge in [0.2, 0.25) is 0 Å². The van der Waals surface area contributed by atoms with Crippen molar-refractivity contribution in [1.82, 2.24) is 9.88 Å². The number of halogens is 1. The van der Waals surface area contributed by atoms with Crippen LogP contribution >= 0.6 is 11.3 Å². The van der Waals surface area contributed by atoms with Gasteiger partial charge in [-0.25, -0.2) is 9.37 Å². The largest absolute Gasteiger partial charge is 0.433 e. The van der Waals surface area contributed by atoms with Crippen LogP contribution in [0.15, 0.2) is 34.7 Å². The predicted molar refractivity (Wildman–Crippen MR) is 108 cm³/mol. The van der Waals surface area contributed by atoms with Gasteiger partial charge in [0, 0.05) is 26.2 Å². The Hall–Kier alpha value is -2.89. The van der Waals surface area contributed by atoms with Gasteiger partial charge in [0.15, 0.2) is 10.9 Å². The van der Waals surface area contributed by atoms with Gasteiger partial charge in [0.25, 0.3) is 5.91 Å². The summed E-state index contributed by atoms with van der Waals surface area (Å²) in [5, 5.41) is 11.3. The summed E-state index contributed by atoms with van der Waals surface area (Å²) in [6.07, 6.45) is 0.666. The number of thiazole rings is 1. The second kappa shape index (κ2) is 8.86. The second-order valence-corrected chi connectivity index (χ2v) is 7.78. The minimum atomic E-state index is -0.694. The minimum Gasteiger partial charge on any atom is -0.395 e. The van der Waals surface area contributed by atoms with Crippen LogP contribution in [0.5, 0.6) is 0 Å². The molecule has 2 aromatic heterocycles. The fraction of sp³-hybridized carbons (Fsp3) is 0.368. The number of morpholine rings is 1. The van der Waals surface area contributed by atoms with Gasteiger partial charge in [0.1, 0.15) is 10.7 Å². The van der Waals surface area contributed by atoms with Crippen molar-refractivity contribution in [3.05, 3.63) is 52.0 Å². The number of carbonyl (C=O) groups excluding carboxylic acids is 1. The first-order chi connectivity index (χ1) is 14.5. The Morgan fingerprint density at radius 2 is 2.10 bits per heavy atom. The lowest BCUT2D eigenvalue weighted by atomic mass is 10.3. The molecule has 30 heavy (non-hydrogen) atoms. The summed E-state index contributed by atoms with van der Waals surface area (Å²) < 4.78 is 24.6. The molecule has 1 saturated heterocycles. The molecule has 4 rings (SSSR count). The van der Waals surface area contributed by atoms with E-state index in [1.807, 2.05) is 0 Å². The predicted octanol–water partition coefficient (Wildman–Crippen LogP) is 3.31. The fourth-order valence-electron chi connectivity index (χ4n) is 3.24. The topological polar surface area (TPSA) is 102 Å². The lowest BCUT2D eigenvalue weighted by molar-refractivity contribution is -0.402. The maximum Gasteiger partial charge on any atom is 0.433 e. The van der Waals surface area contributed by atoms with Crippen LogP contribution < -0.4 is 4.90 Å². The van der Waals surface area contributed by atoms with Crippen molar-refractivity contribution < 1.29 is 23.3 Å². The highest BCUT2D eigenvalue weighted by Gasteiger charge is 2.26. The van der Waals surface area contributed by atoms with E-state index in [9.17, 15) is 19.3 Å². The summed E-state index contributed by atoms with van der Waals surface area (Å²) in [5.41, 5.74) is 0.577. The van der Waals surface area contributed by atoms with Gasteiger partial charge in [0.05, 0.1) is 29.5 Å². The summed E-state index contributed by atoms with van der Waals surface area (Å²) in [7, 11) is 0. The molecule has 0 saturated carbocycles. The van der Waals surface area contributed by atoms with E-state index >= 15 is 0 Å². The van der Waals surface area contributed by atoms with Crippen LogP contribution in [0.3, 0.4) is 0 Å². The number of carbonyl (C=O) groups is 1. The van der Waals surface area contributed by atoms with Gasteiger partial charge in [-0.3, -0.25) is 24.7 Å². The number of fused-ring (bicyclic) bond motifs is 1. The van der Waals surface area contributed by atoms with Crippen molar-refractivity contribution in [2.45, 2.75) is 6.42 Å². The SMILES string of the molecule is O=C(c1ccc([N+](=O)[O-])o1)N(CCCN1CCOCC1)c1nc2ccc(F)cc2s1. The van der Waals surface area contributed by atoms with Crippen molar-refractivity contribution in [3.8, 4) is 0 Å². The summed E-state index contributed by atoms with van der Waals surface area (Å²) in [4.78, 5) is 31.4. The molecule has 0 bridgehead atoms. The number of hydrogen-bond acceptors (Lipinski definition) is 8. The van der Waals surface area contributed by atoms with Crippen molar-refractivity contribution in [3.63, 3.8) is 0 Å². The Balaban J connectivity index is 1.57. The quantitative estimate of drug-likeness (QED) is 0.415. The smallest absolute Gasteiger partial charge is 0.395 e. The van der Waals surface area contributed by atoms with E-state index in [4.69, 9.17) is 9.15 Å². The molecule has 0 unspecified atom stereocenters. The zero-order valence-electron chi connectivity index (χ0n) is 16.0. The molecule has 0 aliphatic carbocycles. The first-order valence-electron chi connectivity index (χ1n) is 9.43. The maximum atomic E-state index is 13.6. The van der Waals surface area contributed by atoms with Gasteiger partial charge >= 0.3 is 5.88 Å². The third-order valence-electron chi connectivity index (χ3n) is 4.76.